The molecule has 2 atom stereocenters. The van der Waals surface area contributed by atoms with Gasteiger partial charge in [-0.05, 0) is 12.1 Å². The van der Waals surface area contributed by atoms with Crippen molar-refractivity contribution in [1.82, 2.24) is 0 Å². The van der Waals surface area contributed by atoms with Gasteiger partial charge in [-0.1, -0.05) is 12.1 Å². The van der Waals surface area contributed by atoms with Crippen molar-refractivity contribution in [2.24, 2.45) is 0 Å². The lowest BCUT2D eigenvalue weighted by molar-refractivity contribution is -0.385. The van der Waals surface area contributed by atoms with Gasteiger partial charge in [0.1, 0.15) is 19.3 Å². The molecule has 0 aliphatic carbocycles. The summed E-state index contributed by atoms with van der Waals surface area (Å²) in [5.41, 5.74) is 3.59. The molecule has 0 bridgehead atoms. The van der Waals surface area contributed by atoms with Crippen LogP contribution < -0.4 is 15.2 Å². The highest BCUT2D eigenvalue weighted by atomic mass is 16.6. The smallest absolute Gasteiger partial charge is 0.161 e. The average molecular weight is 240 g/mol. The van der Waals surface area contributed by atoms with E-state index >= 15 is 0 Å². The van der Waals surface area contributed by atoms with Gasteiger partial charge in [0.2, 0.25) is 0 Å². The summed E-state index contributed by atoms with van der Waals surface area (Å²) in [7, 11) is 0. The fourth-order valence-electron chi connectivity index (χ4n) is 1.56. The van der Waals surface area contributed by atoms with Crippen molar-refractivity contribution in [3.05, 3.63) is 24.3 Å². The van der Waals surface area contributed by atoms with Crippen LogP contribution in [0.4, 0.5) is 0 Å². The first-order valence-corrected chi connectivity index (χ1v) is 5.73. The number of aliphatic hydroxyl groups is 1. The predicted molar refractivity (Wildman–Crippen MR) is 60.9 cm³/mol. The van der Waals surface area contributed by atoms with Gasteiger partial charge in [0.05, 0.1) is 13.2 Å². The van der Waals surface area contributed by atoms with E-state index in [0.29, 0.717) is 19.8 Å². The minimum absolute atomic E-state index is 0.123. The van der Waals surface area contributed by atoms with Crippen LogP contribution in [-0.4, -0.2) is 43.7 Å². The van der Waals surface area contributed by atoms with Gasteiger partial charge in [0, 0.05) is 0 Å². The quantitative estimate of drug-likeness (QED) is 0.724. The van der Waals surface area contributed by atoms with Gasteiger partial charge in [-0.3, -0.25) is 0 Å². The Morgan fingerprint density at radius 1 is 1.41 bits per heavy atom. The Morgan fingerprint density at radius 3 is 2.94 bits per heavy atom. The largest absolute Gasteiger partial charge is 0.486 e. The molecular weight excluding hydrogens is 222 g/mol. The number of hydrogen-bond acceptors (Lipinski definition) is 4. The summed E-state index contributed by atoms with van der Waals surface area (Å²) in [5, 5.41) is 9.29. The van der Waals surface area contributed by atoms with Crippen molar-refractivity contribution < 1.29 is 25.1 Å². The van der Waals surface area contributed by atoms with Crippen LogP contribution in [0.3, 0.4) is 0 Å². The maximum Gasteiger partial charge on any atom is 0.161 e. The summed E-state index contributed by atoms with van der Waals surface area (Å²) < 4.78 is 16.6. The minimum atomic E-state index is -0.508. The summed E-state index contributed by atoms with van der Waals surface area (Å²) in [4.78, 5) is 0. The van der Waals surface area contributed by atoms with Crippen LogP contribution in [0.1, 0.15) is 0 Å². The number of aliphatic hydroxyl groups excluding tert-OH is 1. The summed E-state index contributed by atoms with van der Waals surface area (Å²) in [5.74, 6) is 1.51. The maximum absolute atomic E-state index is 9.29. The van der Waals surface area contributed by atoms with Crippen LogP contribution in [0.15, 0.2) is 24.3 Å². The molecule has 1 aliphatic rings. The molecule has 5 nitrogen and oxygen atoms in total. The summed E-state index contributed by atoms with van der Waals surface area (Å²) in [6.45, 7) is 1.61. The van der Waals surface area contributed by atoms with Crippen LogP contribution in [0.25, 0.3) is 0 Å². The Bertz CT molecular complexity index is 358. The van der Waals surface area contributed by atoms with Gasteiger partial charge < -0.3 is 25.1 Å². The molecule has 4 N–H and O–H groups in total. The lowest BCUT2D eigenvalue weighted by atomic mass is 10.2. The van der Waals surface area contributed by atoms with Crippen molar-refractivity contribution in [2.75, 3.05) is 26.4 Å². The molecule has 0 amide bonds. The topological polar surface area (TPSA) is 75.6 Å². The number of rotatable bonds is 5. The van der Waals surface area contributed by atoms with Crippen LogP contribution in [0, 0.1) is 0 Å². The SMILES string of the molecule is [NH3+]C[C@@H](O)COC[C@H]1COc2ccccc2O1. The minimum Gasteiger partial charge on any atom is -0.486 e. The first kappa shape index (κ1) is 12.2. The molecule has 17 heavy (non-hydrogen) atoms. The molecule has 0 spiro atoms. The van der Waals surface area contributed by atoms with Crippen molar-refractivity contribution >= 4 is 0 Å². The number of hydrogen-bond donors (Lipinski definition) is 2. The van der Waals surface area contributed by atoms with Gasteiger partial charge in [0.25, 0.3) is 0 Å². The summed E-state index contributed by atoms with van der Waals surface area (Å²) in [6.07, 6.45) is -0.631. The van der Waals surface area contributed by atoms with E-state index in [1.165, 1.54) is 0 Å². The van der Waals surface area contributed by atoms with E-state index in [1.807, 2.05) is 24.3 Å². The Balaban J connectivity index is 1.78. The lowest BCUT2D eigenvalue weighted by Gasteiger charge is -2.26. The standard InChI is InChI=1S/C12H17NO4/c13-5-9(14)6-15-7-10-8-16-11-3-1-2-4-12(11)17-10/h1-4,9-10,14H,5-8,13H2/p+1/t9-,10+/m1/s1. The zero-order chi connectivity index (χ0) is 12.1. The normalized spacial score (nSPS) is 20.0. The summed E-state index contributed by atoms with van der Waals surface area (Å²) in [6, 6.07) is 7.55. The highest BCUT2D eigenvalue weighted by Gasteiger charge is 2.20. The monoisotopic (exact) mass is 240 g/mol. The van der Waals surface area contributed by atoms with E-state index in [1.54, 1.807) is 0 Å². The van der Waals surface area contributed by atoms with Gasteiger partial charge in [0.15, 0.2) is 17.6 Å². The second-order valence-electron chi connectivity index (χ2n) is 3.98. The van der Waals surface area contributed by atoms with E-state index in [-0.39, 0.29) is 12.7 Å². The number of benzene rings is 1. The third-order valence-corrected chi connectivity index (χ3v) is 2.51. The van der Waals surface area contributed by atoms with Crippen molar-refractivity contribution in [1.29, 1.82) is 0 Å². The predicted octanol–water partition coefficient (Wildman–Crippen LogP) is -0.554. The molecule has 0 fully saturated rings. The molecule has 94 valence electrons. The van der Waals surface area contributed by atoms with Crippen LogP contribution >= 0.6 is 0 Å². The second kappa shape index (κ2) is 5.86. The lowest BCUT2D eigenvalue weighted by Crippen LogP contribution is -2.56. The number of quaternary nitrogens is 1. The van der Waals surface area contributed by atoms with E-state index in [9.17, 15) is 5.11 Å². The molecule has 0 saturated heterocycles. The van der Waals surface area contributed by atoms with Gasteiger partial charge in [-0.25, -0.2) is 0 Å². The van der Waals surface area contributed by atoms with Crippen LogP contribution in [-0.2, 0) is 4.74 Å². The van der Waals surface area contributed by atoms with Gasteiger partial charge >= 0.3 is 0 Å². The Morgan fingerprint density at radius 2 is 2.18 bits per heavy atom. The fraction of sp³-hybridized carbons (Fsp3) is 0.500. The molecule has 2 rings (SSSR count). The van der Waals surface area contributed by atoms with Crippen LogP contribution in [0.5, 0.6) is 11.5 Å². The van der Waals surface area contributed by atoms with Gasteiger partial charge in [-0.15, -0.1) is 0 Å². The molecule has 0 saturated carbocycles. The molecule has 0 radical (unpaired) electrons. The number of ether oxygens (including phenoxy) is 3. The van der Waals surface area contributed by atoms with E-state index in [0.717, 1.165) is 11.5 Å². The molecule has 0 aromatic heterocycles. The highest BCUT2D eigenvalue weighted by Crippen LogP contribution is 2.30. The Labute approximate surface area is 100 Å². The first-order valence-electron chi connectivity index (χ1n) is 5.73. The molecule has 1 heterocycles. The first-order chi connectivity index (χ1) is 8.29. The molecule has 5 heteroatoms. The zero-order valence-electron chi connectivity index (χ0n) is 9.67. The highest BCUT2D eigenvalue weighted by molar-refractivity contribution is 5.40. The van der Waals surface area contributed by atoms with Crippen molar-refractivity contribution in [2.45, 2.75) is 12.2 Å². The van der Waals surface area contributed by atoms with E-state index < -0.39 is 6.10 Å². The fourth-order valence-corrected chi connectivity index (χ4v) is 1.56. The van der Waals surface area contributed by atoms with E-state index in [4.69, 9.17) is 14.2 Å². The third-order valence-electron chi connectivity index (χ3n) is 2.51. The molecule has 0 unspecified atom stereocenters. The number of para-hydroxylation sites is 2. The average Bonchev–Trinajstić information content (AvgIpc) is 2.38. The second-order valence-corrected chi connectivity index (χ2v) is 3.98. The Hall–Kier alpha value is -1.30. The Kier molecular flexibility index (Phi) is 4.19. The van der Waals surface area contributed by atoms with Crippen molar-refractivity contribution in [3.63, 3.8) is 0 Å². The maximum atomic E-state index is 9.29. The van der Waals surface area contributed by atoms with Crippen LogP contribution in [0.2, 0.25) is 0 Å². The van der Waals surface area contributed by atoms with Crippen molar-refractivity contribution in [3.8, 4) is 11.5 Å². The molecule has 1 aromatic carbocycles. The zero-order valence-corrected chi connectivity index (χ0v) is 9.67. The molecule has 1 aromatic rings. The number of fused-ring (bicyclic) bond motifs is 1. The molecule has 1 aliphatic heterocycles. The molecular formula is C12H18NO4+. The van der Waals surface area contributed by atoms with Gasteiger partial charge in [-0.2, -0.15) is 0 Å². The van der Waals surface area contributed by atoms with E-state index in [2.05, 4.69) is 5.73 Å². The summed E-state index contributed by atoms with van der Waals surface area (Å²) >= 11 is 0. The third kappa shape index (κ3) is 3.33.